The van der Waals surface area contributed by atoms with Gasteiger partial charge in [-0.15, -0.1) is 17.5 Å². The summed E-state index contributed by atoms with van der Waals surface area (Å²) in [5.74, 6) is 0.631. The van der Waals surface area contributed by atoms with E-state index in [0.29, 0.717) is 16.6 Å². The number of piperidine rings is 1. The smallest absolute Gasteiger partial charge is 0.276 e. The third kappa shape index (κ3) is 5.00. The lowest BCUT2D eigenvalue weighted by atomic mass is 9.96. The first kappa shape index (κ1) is 21.7. The minimum absolute atomic E-state index is 0. The minimum atomic E-state index is -0.00960. The van der Waals surface area contributed by atoms with E-state index in [4.69, 9.17) is 11.6 Å². The average molecular weight is 412 g/mol. The summed E-state index contributed by atoms with van der Waals surface area (Å²) in [6.07, 6.45) is 3.71. The molecule has 0 radical (unpaired) electrons. The van der Waals surface area contributed by atoms with Crippen LogP contribution in [0, 0.1) is 5.92 Å². The molecule has 8 heteroatoms. The Morgan fingerprint density at radius 2 is 2.07 bits per heavy atom. The largest absolute Gasteiger partial charge is 0.337 e. The zero-order chi connectivity index (χ0) is 18.5. The Morgan fingerprint density at radius 3 is 2.70 bits per heavy atom. The van der Waals surface area contributed by atoms with Gasteiger partial charge < -0.3 is 10.2 Å². The zero-order valence-corrected chi connectivity index (χ0v) is 17.4. The molecule has 27 heavy (non-hydrogen) atoms. The molecule has 2 heterocycles. The maximum Gasteiger partial charge on any atom is 0.276 e. The Morgan fingerprint density at radius 1 is 1.33 bits per heavy atom. The van der Waals surface area contributed by atoms with Crippen molar-refractivity contribution in [1.82, 2.24) is 25.2 Å². The lowest BCUT2D eigenvalue weighted by molar-refractivity contribution is 0.0683. The van der Waals surface area contributed by atoms with Crippen LogP contribution in [0.15, 0.2) is 24.3 Å². The number of carbonyl (C=O) groups excluding carboxylic acids is 1. The van der Waals surface area contributed by atoms with Crippen molar-refractivity contribution in [3.63, 3.8) is 0 Å². The monoisotopic (exact) mass is 411 g/mol. The van der Waals surface area contributed by atoms with Gasteiger partial charge in [-0.25, -0.2) is 4.68 Å². The van der Waals surface area contributed by atoms with Gasteiger partial charge in [0, 0.05) is 18.1 Å². The molecule has 1 aliphatic rings. The Kier molecular flexibility index (Phi) is 8.07. The van der Waals surface area contributed by atoms with Crippen LogP contribution in [0.25, 0.3) is 5.69 Å². The van der Waals surface area contributed by atoms with Gasteiger partial charge in [-0.3, -0.25) is 4.79 Å². The second-order valence-corrected chi connectivity index (χ2v) is 7.26. The molecule has 0 saturated carbocycles. The fraction of sp³-hybridized carbons (Fsp3) is 0.526. The molecular weight excluding hydrogens is 385 g/mol. The number of likely N-dealkylation sites (tertiary alicyclic amines) is 1. The number of benzene rings is 1. The molecule has 0 aliphatic carbocycles. The number of nitrogens with zero attached hydrogens (tertiary/aromatic N) is 4. The quantitative estimate of drug-likeness (QED) is 0.791. The van der Waals surface area contributed by atoms with Crippen molar-refractivity contribution in [2.45, 2.75) is 32.6 Å². The van der Waals surface area contributed by atoms with Crippen LogP contribution in [0.2, 0.25) is 5.02 Å². The van der Waals surface area contributed by atoms with E-state index in [2.05, 4.69) is 22.6 Å². The molecule has 1 aliphatic heterocycles. The highest BCUT2D eigenvalue weighted by Crippen LogP contribution is 2.22. The summed E-state index contributed by atoms with van der Waals surface area (Å²) in [5.41, 5.74) is 2.16. The Balaban J connectivity index is 0.00000261. The number of nitrogens with one attached hydrogen (secondary N) is 1. The number of aromatic nitrogens is 3. The number of halogens is 2. The van der Waals surface area contributed by atoms with Gasteiger partial charge in [0.1, 0.15) is 0 Å². The molecule has 0 spiro atoms. The van der Waals surface area contributed by atoms with Crippen LogP contribution in [0.5, 0.6) is 0 Å². The molecule has 0 bridgehead atoms. The van der Waals surface area contributed by atoms with Crippen molar-refractivity contribution in [3.8, 4) is 5.69 Å². The SMILES string of the molecule is CCCc1c(C(=O)N2CCC(CNC)CC2)nnn1-c1cccc(Cl)c1.Cl. The first-order valence-electron chi connectivity index (χ1n) is 9.28. The standard InChI is InChI=1S/C19H26ClN5O.ClH/c1-3-5-17-18(19(26)24-10-8-14(9-11-24)13-21-2)22-23-25(17)16-7-4-6-15(20)12-16;/h4,6-7,12,14,21H,3,5,8-11,13H2,1-2H3;1H. The summed E-state index contributed by atoms with van der Waals surface area (Å²) in [5, 5.41) is 12.4. The van der Waals surface area contributed by atoms with Crippen LogP contribution in [0.3, 0.4) is 0 Å². The van der Waals surface area contributed by atoms with Crippen LogP contribution < -0.4 is 5.32 Å². The molecule has 1 amide bonds. The van der Waals surface area contributed by atoms with E-state index in [0.717, 1.165) is 56.7 Å². The second kappa shape index (κ2) is 10.1. The molecule has 1 aromatic heterocycles. The third-order valence-corrected chi connectivity index (χ3v) is 5.13. The first-order chi connectivity index (χ1) is 12.6. The molecule has 2 aromatic rings. The van der Waals surface area contributed by atoms with Gasteiger partial charge in [0.15, 0.2) is 5.69 Å². The molecular formula is C19H27Cl2N5O. The van der Waals surface area contributed by atoms with E-state index in [-0.39, 0.29) is 18.3 Å². The van der Waals surface area contributed by atoms with Crippen LogP contribution in [0.4, 0.5) is 0 Å². The highest BCUT2D eigenvalue weighted by molar-refractivity contribution is 6.30. The van der Waals surface area contributed by atoms with E-state index in [1.165, 1.54) is 0 Å². The number of hydrogen-bond donors (Lipinski definition) is 1. The van der Waals surface area contributed by atoms with E-state index in [1.54, 1.807) is 4.68 Å². The summed E-state index contributed by atoms with van der Waals surface area (Å²) in [6.45, 7) is 4.66. The molecule has 3 rings (SSSR count). The highest BCUT2D eigenvalue weighted by atomic mass is 35.5. The van der Waals surface area contributed by atoms with E-state index in [9.17, 15) is 4.79 Å². The molecule has 1 N–H and O–H groups in total. The van der Waals surface area contributed by atoms with Gasteiger partial charge in [-0.1, -0.05) is 36.2 Å². The summed E-state index contributed by atoms with van der Waals surface area (Å²) in [7, 11) is 1.97. The fourth-order valence-corrected chi connectivity index (χ4v) is 3.71. The molecule has 0 unspecified atom stereocenters. The maximum absolute atomic E-state index is 13.0. The van der Waals surface area contributed by atoms with Crippen molar-refractivity contribution in [1.29, 1.82) is 0 Å². The minimum Gasteiger partial charge on any atom is -0.337 e. The van der Waals surface area contributed by atoms with Gasteiger partial charge >= 0.3 is 0 Å². The first-order valence-corrected chi connectivity index (χ1v) is 9.66. The zero-order valence-electron chi connectivity index (χ0n) is 15.8. The van der Waals surface area contributed by atoms with E-state index >= 15 is 0 Å². The summed E-state index contributed by atoms with van der Waals surface area (Å²) in [4.78, 5) is 15.0. The normalized spacial score (nSPS) is 14.9. The third-order valence-electron chi connectivity index (χ3n) is 4.90. The lowest BCUT2D eigenvalue weighted by Gasteiger charge is -2.31. The second-order valence-electron chi connectivity index (χ2n) is 6.82. The Hall–Kier alpha value is -1.63. The van der Waals surface area contributed by atoms with Gasteiger partial charge in [-0.2, -0.15) is 0 Å². The van der Waals surface area contributed by atoms with Gasteiger partial charge in [-0.05, 0) is 57.0 Å². The van der Waals surface area contributed by atoms with Gasteiger partial charge in [0.25, 0.3) is 5.91 Å². The molecule has 0 atom stereocenters. The number of amides is 1. The van der Waals surface area contributed by atoms with Crippen molar-refractivity contribution in [2.75, 3.05) is 26.7 Å². The number of rotatable bonds is 6. The highest BCUT2D eigenvalue weighted by Gasteiger charge is 2.28. The van der Waals surface area contributed by atoms with E-state index in [1.807, 2.05) is 36.2 Å². The molecule has 1 fully saturated rings. The van der Waals surface area contributed by atoms with Crippen molar-refractivity contribution in [2.24, 2.45) is 5.92 Å². The summed E-state index contributed by atoms with van der Waals surface area (Å²) in [6, 6.07) is 7.47. The number of carbonyl (C=O) groups is 1. The van der Waals surface area contributed by atoms with E-state index < -0.39 is 0 Å². The van der Waals surface area contributed by atoms with Crippen LogP contribution in [0.1, 0.15) is 42.4 Å². The van der Waals surface area contributed by atoms with Crippen LogP contribution >= 0.6 is 24.0 Å². The van der Waals surface area contributed by atoms with Crippen molar-refractivity contribution >= 4 is 29.9 Å². The lowest BCUT2D eigenvalue weighted by Crippen LogP contribution is -2.41. The van der Waals surface area contributed by atoms with Crippen molar-refractivity contribution < 1.29 is 4.79 Å². The molecule has 148 valence electrons. The predicted octanol–water partition coefficient (Wildman–Crippen LogP) is 3.37. The maximum atomic E-state index is 13.0. The van der Waals surface area contributed by atoms with Crippen LogP contribution in [-0.2, 0) is 6.42 Å². The summed E-state index contributed by atoms with van der Waals surface area (Å²) >= 11 is 6.11. The Labute approximate surface area is 171 Å². The average Bonchev–Trinajstić information content (AvgIpc) is 3.06. The molecule has 6 nitrogen and oxygen atoms in total. The number of hydrogen-bond acceptors (Lipinski definition) is 4. The van der Waals surface area contributed by atoms with Crippen LogP contribution in [-0.4, -0.2) is 52.5 Å². The van der Waals surface area contributed by atoms with Crippen molar-refractivity contribution in [3.05, 3.63) is 40.7 Å². The molecule has 1 aromatic carbocycles. The Bertz CT molecular complexity index is 756. The summed E-state index contributed by atoms with van der Waals surface area (Å²) < 4.78 is 1.75. The topological polar surface area (TPSA) is 63.1 Å². The van der Waals surface area contributed by atoms with Gasteiger partial charge in [0.05, 0.1) is 11.4 Å². The molecule has 1 saturated heterocycles. The van der Waals surface area contributed by atoms with Gasteiger partial charge in [0.2, 0.25) is 0 Å². The fourth-order valence-electron chi connectivity index (χ4n) is 3.52. The predicted molar refractivity (Wildman–Crippen MR) is 110 cm³/mol.